The van der Waals surface area contributed by atoms with Crippen LogP contribution in [0.15, 0.2) is 12.7 Å². The molecule has 1 heterocycles. The summed E-state index contributed by atoms with van der Waals surface area (Å²) in [7, 11) is 0. The van der Waals surface area contributed by atoms with Crippen LogP contribution in [-0.4, -0.2) is 53.3 Å². The number of likely N-dealkylation sites (tertiary alicyclic amines) is 1. The Labute approximate surface area is 165 Å². The molecule has 1 unspecified atom stereocenters. The molecule has 0 bridgehead atoms. The number of nitrogens with zero attached hydrogens (tertiary/aromatic N) is 1. The molecule has 8 heteroatoms. The molecule has 3 rings (SSSR count). The van der Waals surface area contributed by atoms with E-state index in [1.807, 2.05) is 0 Å². The number of fused-ring (bicyclic) bond motifs is 1. The van der Waals surface area contributed by atoms with Gasteiger partial charge in [0.1, 0.15) is 12.1 Å². The monoisotopic (exact) mass is 390 g/mol. The lowest BCUT2D eigenvalue weighted by Crippen LogP contribution is -2.58. The van der Waals surface area contributed by atoms with Crippen molar-refractivity contribution in [2.45, 2.75) is 58.8 Å². The number of hydrogen-bond donors (Lipinski definition) is 3. The van der Waals surface area contributed by atoms with Crippen LogP contribution in [0.4, 0.5) is 0 Å². The van der Waals surface area contributed by atoms with Gasteiger partial charge in [0.25, 0.3) is 0 Å². The summed E-state index contributed by atoms with van der Waals surface area (Å²) in [6, 6.07) is -1.16. The van der Waals surface area contributed by atoms with Crippen LogP contribution in [0.3, 0.4) is 0 Å². The van der Waals surface area contributed by atoms with Crippen LogP contribution in [0, 0.1) is 23.2 Å². The summed E-state index contributed by atoms with van der Waals surface area (Å²) in [5.74, 6) is -0.577. The van der Waals surface area contributed by atoms with Crippen LogP contribution in [0.25, 0.3) is 0 Å². The van der Waals surface area contributed by atoms with E-state index in [0.717, 1.165) is 18.9 Å². The third kappa shape index (κ3) is 3.77. The number of carbonyl (C=O) groups excluding carboxylic acids is 4. The first-order valence-corrected chi connectivity index (χ1v) is 9.88. The number of rotatable bonds is 7. The Morgan fingerprint density at radius 1 is 1.14 bits per heavy atom. The van der Waals surface area contributed by atoms with Gasteiger partial charge in [0.15, 0.2) is 0 Å². The molecule has 0 aromatic carbocycles. The fraction of sp³-hybridized carbons (Fsp3) is 0.700. The predicted octanol–water partition coefficient (Wildman–Crippen LogP) is 0.149. The van der Waals surface area contributed by atoms with Crippen molar-refractivity contribution in [3.05, 3.63) is 12.7 Å². The highest BCUT2D eigenvalue weighted by Gasteiger charge is 2.69. The summed E-state index contributed by atoms with van der Waals surface area (Å²) < 4.78 is 0. The summed E-state index contributed by atoms with van der Waals surface area (Å²) in [5.41, 5.74) is -0.00449. The van der Waals surface area contributed by atoms with Crippen molar-refractivity contribution in [1.29, 1.82) is 0 Å². The summed E-state index contributed by atoms with van der Waals surface area (Å²) in [4.78, 5) is 50.9. The van der Waals surface area contributed by atoms with Gasteiger partial charge >= 0.3 is 0 Å². The Kier molecular flexibility index (Phi) is 5.25. The number of amides is 4. The van der Waals surface area contributed by atoms with Crippen LogP contribution in [0.2, 0.25) is 0 Å². The molecule has 3 aliphatic rings. The summed E-state index contributed by atoms with van der Waals surface area (Å²) >= 11 is 0. The zero-order valence-corrected chi connectivity index (χ0v) is 17.0. The average molecular weight is 390 g/mol. The van der Waals surface area contributed by atoms with Gasteiger partial charge in [-0.15, -0.1) is 0 Å². The molecule has 4 amide bonds. The van der Waals surface area contributed by atoms with Crippen LogP contribution < -0.4 is 16.0 Å². The highest BCUT2D eigenvalue weighted by molar-refractivity contribution is 5.94. The minimum absolute atomic E-state index is 0.00449. The molecule has 2 aliphatic carbocycles. The number of piperidine rings is 1. The van der Waals surface area contributed by atoms with Crippen molar-refractivity contribution in [1.82, 2.24) is 20.9 Å². The third-order valence-electron chi connectivity index (χ3n) is 6.38. The number of nitrogens with one attached hydrogen (secondary N) is 3. The second kappa shape index (κ2) is 7.22. The van der Waals surface area contributed by atoms with Crippen LogP contribution >= 0.6 is 0 Å². The SMILES string of the molecule is C=CC(=O)N[C@H](C)NC(=O)C1[C@@H]2[C@H](CN1C(=O)[C@@H](NC(C)=O)C1CC1)C2(C)C. The number of carbonyl (C=O) groups is 4. The van der Waals surface area contributed by atoms with Crippen molar-refractivity contribution < 1.29 is 19.2 Å². The molecular weight excluding hydrogens is 360 g/mol. The lowest BCUT2D eigenvalue weighted by atomic mass is 9.99. The molecule has 5 atom stereocenters. The Hall–Kier alpha value is -2.38. The largest absolute Gasteiger partial charge is 0.344 e. The maximum Gasteiger partial charge on any atom is 0.246 e. The number of hydrogen-bond acceptors (Lipinski definition) is 4. The van der Waals surface area contributed by atoms with Crippen molar-refractivity contribution in [3.8, 4) is 0 Å². The van der Waals surface area contributed by atoms with Gasteiger partial charge in [-0.25, -0.2) is 0 Å². The Morgan fingerprint density at radius 2 is 1.79 bits per heavy atom. The van der Waals surface area contributed by atoms with Crippen molar-refractivity contribution in [3.63, 3.8) is 0 Å². The first-order chi connectivity index (χ1) is 13.1. The average Bonchev–Trinajstić information content (AvgIpc) is 3.47. The topological polar surface area (TPSA) is 108 Å². The maximum atomic E-state index is 13.2. The van der Waals surface area contributed by atoms with Crippen molar-refractivity contribution in [2.75, 3.05) is 6.54 Å². The van der Waals surface area contributed by atoms with Gasteiger partial charge in [0.2, 0.25) is 23.6 Å². The maximum absolute atomic E-state index is 13.2. The van der Waals surface area contributed by atoms with E-state index < -0.39 is 18.2 Å². The van der Waals surface area contributed by atoms with E-state index in [-0.39, 0.29) is 46.8 Å². The van der Waals surface area contributed by atoms with Gasteiger partial charge in [-0.3, -0.25) is 19.2 Å². The van der Waals surface area contributed by atoms with E-state index in [1.54, 1.807) is 11.8 Å². The second-order valence-electron chi connectivity index (χ2n) is 8.85. The molecule has 0 radical (unpaired) electrons. The molecule has 154 valence electrons. The summed E-state index contributed by atoms with van der Waals surface area (Å²) in [6.45, 7) is 11.2. The van der Waals surface area contributed by atoms with Gasteiger partial charge in [-0.1, -0.05) is 20.4 Å². The smallest absolute Gasteiger partial charge is 0.246 e. The van der Waals surface area contributed by atoms with Gasteiger partial charge in [0, 0.05) is 13.5 Å². The van der Waals surface area contributed by atoms with Gasteiger partial charge in [-0.05, 0) is 49.0 Å². The fourth-order valence-electron chi connectivity index (χ4n) is 4.63. The lowest BCUT2D eigenvalue weighted by molar-refractivity contribution is -0.143. The minimum atomic E-state index is -0.592. The van der Waals surface area contributed by atoms with E-state index in [4.69, 9.17) is 0 Å². The van der Waals surface area contributed by atoms with Gasteiger partial charge in [0.05, 0.1) is 6.17 Å². The molecule has 0 aromatic heterocycles. The Balaban J connectivity index is 1.74. The zero-order chi connectivity index (χ0) is 20.8. The molecule has 0 aromatic rings. The molecule has 28 heavy (non-hydrogen) atoms. The molecule has 1 saturated heterocycles. The van der Waals surface area contributed by atoms with Crippen molar-refractivity contribution >= 4 is 23.6 Å². The highest BCUT2D eigenvalue weighted by Crippen LogP contribution is 2.65. The Bertz CT molecular complexity index is 715. The zero-order valence-electron chi connectivity index (χ0n) is 17.0. The molecule has 8 nitrogen and oxygen atoms in total. The van der Waals surface area contributed by atoms with Crippen LogP contribution in [0.5, 0.6) is 0 Å². The fourth-order valence-corrected chi connectivity index (χ4v) is 4.63. The van der Waals surface area contributed by atoms with E-state index >= 15 is 0 Å². The highest BCUT2D eigenvalue weighted by atomic mass is 16.2. The van der Waals surface area contributed by atoms with E-state index in [9.17, 15) is 19.2 Å². The quantitative estimate of drug-likeness (QED) is 0.425. The summed E-state index contributed by atoms with van der Waals surface area (Å²) in [6.07, 6.45) is 2.38. The molecule has 3 fully saturated rings. The minimum Gasteiger partial charge on any atom is -0.344 e. The summed E-state index contributed by atoms with van der Waals surface area (Å²) in [5, 5.41) is 8.17. The molecule has 3 N–H and O–H groups in total. The molecule has 0 spiro atoms. The molecule has 2 saturated carbocycles. The van der Waals surface area contributed by atoms with Gasteiger partial charge < -0.3 is 20.9 Å². The standard InChI is InChI=1S/C20H30N4O4/c1-6-14(26)21-10(2)22-18(27)17-15-13(20(15,4)5)9-24(17)19(28)16(12-7-8-12)23-11(3)25/h6,10,12-13,15-17H,1,7-9H2,2-5H3,(H,21,26)(H,22,27)(H,23,25)/t10-,13-,15-,16-,17?/m0/s1. The first-order valence-electron chi connectivity index (χ1n) is 9.88. The predicted molar refractivity (Wildman–Crippen MR) is 103 cm³/mol. The van der Waals surface area contributed by atoms with Gasteiger partial charge in [-0.2, -0.15) is 0 Å². The second-order valence-corrected chi connectivity index (χ2v) is 8.85. The van der Waals surface area contributed by atoms with E-state index in [1.165, 1.54) is 6.92 Å². The molecule has 1 aliphatic heterocycles. The first kappa shape index (κ1) is 20.4. The third-order valence-corrected chi connectivity index (χ3v) is 6.38. The van der Waals surface area contributed by atoms with Crippen molar-refractivity contribution in [2.24, 2.45) is 23.2 Å². The van der Waals surface area contributed by atoms with E-state index in [2.05, 4.69) is 36.4 Å². The van der Waals surface area contributed by atoms with Crippen LogP contribution in [-0.2, 0) is 19.2 Å². The Morgan fingerprint density at radius 3 is 2.32 bits per heavy atom. The normalized spacial score (nSPS) is 29.1. The lowest BCUT2D eigenvalue weighted by Gasteiger charge is -2.33. The molecular formula is C20H30N4O4. The van der Waals surface area contributed by atoms with Crippen LogP contribution in [0.1, 0.15) is 40.5 Å². The van der Waals surface area contributed by atoms with E-state index in [0.29, 0.717) is 6.54 Å².